The number of aryl methyl sites for hydroxylation is 2. The number of carbonyl (C=O) groups excluding carboxylic acids is 2. The molecule has 6 heteroatoms. The highest BCUT2D eigenvalue weighted by Gasteiger charge is 2.50. The second-order valence-corrected chi connectivity index (χ2v) is 8.06. The summed E-state index contributed by atoms with van der Waals surface area (Å²) in [5, 5.41) is 3.11. The van der Waals surface area contributed by atoms with Crippen LogP contribution >= 0.6 is 0 Å². The van der Waals surface area contributed by atoms with Crippen molar-refractivity contribution in [3.8, 4) is 0 Å². The number of anilines is 1. The van der Waals surface area contributed by atoms with E-state index in [2.05, 4.69) is 15.3 Å². The molecule has 4 rings (SSSR count). The lowest BCUT2D eigenvalue weighted by Gasteiger charge is -2.36. The maximum Gasteiger partial charge on any atom is 0.270 e. The highest BCUT2D eigenvalue weighted by Crippen LogP contribution is 2.46. The van der Waals surface area contributed by atoms with E-state index < -0.39 is 0 Å². The molecule has 6 nitrogen and oxygen atoms in total. The van der Waals surface area contributed by atoms with Crippen LogP contribution in [-0.4, -0.2) is 34.4 Å². The first kappa shape index (κ1) is 18.6. The second kappa shape index (κ2) is 7.34. The van der Waals surface area contributed by atoms with Crippen molar-refractivity contribution >= 4 is 17.6 Å². The number of hydrogen-bond donors (Lipinski definition) is 1. The van der Waals surface area contributed by atoms with Crippen molar-refractivity contribution in [2.75, 3.05) is 11.4 Å². The average molecular weight is 378 g/mol. The van der Waals surface area contributed by atoms with Gasteiger partial charge >= 0.3 is 0 Å². The van der Waals surface area contributed by atoms with Crippen LogP contribution in [0.15, 0.2) is 36.5 Å². The van der Waals surface area contributed by atoms with Crippen molar-refractivity contribution in [3.05, 3.63) is 53.5 Å². The van der Waals surface area contributed by atoms with Gasteiger partial charge in [0.2, 0.25) is 5.91 Å². The second-order valence-electron chi connectivity index (χ2n) is 8.06. The van der Waals surface area contributed by atoms with Gasteiger partial charge in [-0.25, -0.2) is 9.97 Å². The van der Waals surface area contributed by atoms with E-state index in [4.69, 9.17) is 0 Å². The largest absolute Gasteiger partial charge is 0.348 e. The lowest BCUT2D eigenvalue weighted by atomic mass is 9.71. The number of nitrogens with zero attached hydrogens (tertiary/aromatic N) is 3. The Labute approximate surface area is 165 Å². The monoisotopic (exact) mass is 378 g/mol. The van der Waals surface area contributed by atoms with Gasteiger partial charge in [0.15, 0.2) is 0 Å². The summed E-state index contributed by atoms with van der Waals surface area (Å²) in [5.74, 6) is 0.759. The molecule has 0 radical (unpaired) electrons. The molecule has 28 heavy (non-hydrogen) atoms. The van der Waals surface area contributed by atoms with Crippen molar-refractivity contribution < 1.29 is 9.59 Å². The van der Waals surface area contributed by atoms with Gasteiger partial charge in [0.05, 0.1) is 5.41 Å². The zero-order valence-corrected chi connectivity index (χ0v) is 16.4. The average Bonchev–Trinajstić information content (AvgIpc) is 2.98. The summed E-state index contributed by atoms with van der Waals surface area (Å²) in [6, 6.07) is 9.32. The molecule has 1 spiro atoms. The van der Waals surface area contributed by atoms with Crippen LogP contribution in [0.3, 0.4) is 0 Å². The summed E-state index contributed by atoms with van der Waals surface area (Å²) in [6.45, 7) is 4.55. The Morgan fingerprint density at radius 3 is 2.86 bits per heavy atom. The highest BCUT2D eigenvalue weighted by molar-refractivity contribution is 6.00. The van der Waals surface area contributed by atoms with E-state index in [1.807, 2.05) is 43.0 Å². The fraction of sp³-hybridized carbons (Fsp3) is 0.455. The summed E-state index contributed by atoms with van der Waals surface area (Å²) >= 11 is 0. The number of nitrogens with one attached hydrogen (secondary N) is 1. The van der Waals surface area contributed by atoms with Crippen molar-refractivity contribution in [3.63, 3.8) is 0 Å². The molecule has 2 aliphatic rings. The topological polar surface area (TPSA) is 75.2 Å². The third-order valence-electron chi connectivity index (χ3n) is 6.05. The molecule has 2 fully saturated rings. The van der Waals surface area contributed by atoms with Crippen molar-refractivity contribution in [2.45, 2.75) is 52.0 Å². The summed E-state index contributed by atoms with van der Waals surface area (Å²) in [7, 11) is 0. The SMILES string of the molecule is Cc1cccc(C(=O)NC2CCCC3(CCN(c4ncccc4C)C3=O)C2)n1. The molecule has 2 amide bonds. The minimum Gasteiger partial charge on any atom is -0.348 e. The first-order valence-electron chi connectivity index (χ1n) is 9.97. The Balaban J connectivity index is 1.48. The van der Waals surface area contributed by atoms with Crippen LogP contribution in [-0.2, 0) is 4.79 Å². The third-order valence-corrected chi connectivity index (χ3v) is 6.05. The molecule has 146 valence electrons. The smallest absolute Gasteiger partial charge is 0.270 e. The van der Waals surface area contributed by atoms with Gasteiger partial charge in [0.1, 0.15) is 11.5 Å². The lowest BCUT2D eigenvalue weighted by molar-refractivity contribution is -0.127. The molecule has 3 heterocycles. The Hall–Kier alpha value is -2.76. The minimum atomic E-state index is -0.389. The Morgan fingerprint density at radius 1 is 1.21 bits per heavy atom. The first-order chi connectivity index (χ1) is 13.5. The summed E-state index contributed by atoms with van der Waals surface area (Å²) < 4.78 is 0. The molecule has 2 aromatic rings. The maximum absolute atomic E-state index is 13.3. The molecule has 1 saturated carbocycles. The molecule has 1 aliphatic heterocycles. The van der Waals surface area contributed by atoms with Gasteiger partial charge in [0, 0.05) is 24.5 Å². The summed E-state index contributed by atoms with van der Waals surface area (Å²) in [6.07, 6.45) is 5.95. The van der Waals surface area contributed by atoms with Gasteiger partial charge in [-0.3, -0.25) is 14.5 Å². The van der Waals surface area contributed by atoms with Gasteiger partial charge < -0.3 is 5.32 Å². The van der Waals surface area contributed by atoms with Crippen LogP contribution in [0.2, 0.25) is 0 Å². The highest BCUT2D eigenvalue weighted by atomic mass is 16.2. The Bertz CT molecular complexity index is 913. The van der Waals surface area contributed by atoms with Crippen molar-refractivity contribution in [1.29, 1.82) is 0 Å². The van der Waals surface area contributed by atoms with E-state index in [-0.39, 0.29) is 23.3 Å². The fourth-order valence-corrected chi connectivity index (χ4v) is 4.62. The first-order valence-corrected chi connectivity index (χ1v) is 9.97. The standard InChI is InChI=1S/C22H26N4O2/c1-15-6-5-12-23-19(15)26-13-11-22(21(26)28)10-4-8-17(14-22)25-20(27)18-9-3-7-16(2)24-18/h3,5-7,9,12,17H,4,8,10-11,13-14H2,1-2H3,(H,25,27). The summed E-state index contributed by atoms with van der Waals surface area (Å²) in [4.78, 5) is 36.5. The number of rotatable bonds is 3. The van der Waals surface area contributed by atoms with Crippen LogP contribution in [0, 0.1) is 19.3 Å². The van der Waals surface area contributed by atoms with Crippen LogP contribution in [0.4, 0.5) is 5.82 Å². The summed E-state index contributed by atoms with van der Waals surface area (Å²) in [5.41, 5.74) is 1.88. The number of hydrogen-bond acceptors (Lipinski definition) is 4. The predicted molar refractivity (Wildman–Crippen MR) is 107 cm³/mol. The minimum absolute atomic E-state index is 0.00251. The number of amides is 2. The fourth-order valence-electron chi connectivity index (χ4n) is 4.62. The number of carbonyl (C=O) groups is 2. The van der Waals surface area contributed by atoms with E-state index in [0.29, 0.717) is 18.7 Å². The predicted octanol–water partition coefficient (Wildman–Crippen LogP) is 3.19. The van der Waals surface area contributed by atoms with E-state index in [1.165, 1.54) is 0 Å². The van der Waals surface area contributed by atoms with Crippen LogP contribution < -0.4 is 10.2 Å². The Kier molecular flexibility index (Phi) is 4.87. The van der Waals surface area contributed by atoms with Gasteiger partial charge in [-0.15, -0.1) is 0 Å². The molecule has 0 bridgehead atoms. The normalized spacial score (nSPS) is 24.6. The van der Waals surface area contributed by atoms with Crippen LogP contribution in [0.5, 0.6) is 0 Å². The molecule has 2 aromatic heterocycles. The van der Waals surface area contributed by atoms with E-state index in [0.717, 1.165) is 42.8 Å². The van der Waals surface area contributed by atoms with Gasteiger partial charge in [0.25, 0.3) is 5.91 Å². The van der Waals surface area contributed by atoms with E-state index in [1.54, 1.807) is 12.3 Å². The maximum atomic E-state index is 13.3. The number of pyridine rings is 2. The molecular weight excluding hydrogens is 352 g/mol. The molecular formula is C22H26N4O2. The van der Waals surface area contributed by atoms with Crippen molar-refractivity contribution in [2.24, 2.45) is 5.41 Å². The molecule has 2 atom stereocenters. The molecule has 1 aliphatic carbocycles. The zero-order chi connectivity index (χ0) is 19.7. The van der Waals surface area contributed by atoms with Crippen LogP contribution in [0.25, 0.3) is 0 Å². The zero-order valence-electron chi connectivity index (χ0n) is 16.4. The lowest BCUT2D eigenvalue weighted by Crippen LogP contribution is -2.46. The van der Waals surface area contributed by atoms with Gasteiger partial charge in [-0.2, -0.15) is 0 Å². The van der Waals surface area contributed by atoms with Gasteiger partial charge in [-0.05, 0) is 63.3 Å². The Morgan fingerprint density at radius 2 is 2.07 bits per heavy atom. The van der Waals surface area contributed by atoms with Gasteiger partial charge in [-0.1, -0.05) is 18.6 Å². The number of aromatic nitrogens is 2. The molecule has 1 saturated heterocycles. The molecule has 1 N–H and O–H groups in total. The molecule has 2 unspecified atom stereocenters. The van der Waals surface area contributed by atoms with E-state index >= 15 is 0 Å². The third kappa shape index (κ3) is 3.39. The quantitative estimate of drug-likeness (QED) is 0.890. The van der Waals surface area contributed by atoms with Crippen molar-refractivity contribution in [1.82, 2.24) is 15.3 Å². The van der Waals surface area contributed by atoms with E-state index in [9.17, 15) is 9.59 Å². The molecule has 0 aromatic carbocycles. The van der Waals surface area contributed by atoms with Crippen LogP contribution in [0.1, 0.15) is 53.8 Å².